The van der Waals surface area contributed by atoms with Crippen LogP contribution in [0.25, 0.3) is 0 Å². The number of hydrogen-bond donors (Lipinski definition) is 0. The first-order valence-corrected chi connectivity index (χ1v) is 5.39. The first-order chi connectivity index (χ1) is 7.73. The summed E-state index contributed by atoms with van der Waals surface area (Å²) in [5.41, 5.74) is -0.126. The van der Waals surface area contributed by atoms with Crippen molar-refractivity contribution >= 4 is 5.78 Å². The highest BCUT2D eigenvalue weighted by Crippen LogP contribution is 2.29. The molecule has 0 spiro atoms. The monoisotopic (exact) mass is 244 g/mol. The SMILES string of the molecule is CC(C)(C(=O)CCC(F)(F)F)c1ccccc1. The Bertz CT molecular complexity index is 379. The first kappa shape index (κ1) is 13.7. The normalized spacial score (nSPS) is 12.5. The van der Waals surface area contributed by atoms with E-state index in [1.807, 2.05) is 0 Å². The molecule has 0 fully saturated rings. The fraction of sp³-hybridized carbons (Fsp3) is 0.462. The van der Waals surface area contributed by atoms with Crippen LogP contribution < -0.4 is 0 Å². The lowest BCUT2D eigenvalue weighted by atomic mass is 9.79. The summed E-state index contributed by atoms with van der Waals surface area (Å²) in [5.74, 6) is -0.388. The highest BCUT2D eigenvalue weighted by atomic mass is 19.4. The minimum absolute atomic E-state index is 0.388. The standard InChI is InChI=1S/C13H15F3O/c1-12(2,10-6-4-3-5-7-10)11(17)8-9-13(14,15)16/h3-7H,8-9H2,1-2H3. The summed E-state index contributed by atoms with van der Waals surface area (Å²) in [5, 5.41) is 0. The van der Waals surface area contributed by atoms with E-state index in [0.29, 0.717) is 0 Å². The van der Waals surface area contributed by atoms with E-state index >= 15 is 0 Å². The molecule has 17 heavy (non-hydrogen) atoms. The largest absolute Gasteiger partial charge is 0.389 e. The van der Waals surface area contributed by atoms with Gasteiger partial charge in [0.2, 0.25) is 0 Å². The lowest BCUT2D eigenvalue weighted by Gasteiger charge is -2.24. The molecule has 0 saturated carbocycles. The average Bonchev–Trinajstić information content (AvgIpc) is 2.26. The maximum absolute atomic E-state index is 12.1. The van der Waals surface area contributed by atoms with Gasteiger partial charge < -0.3 is 0 Å². The Morgan fingerprint density at radius 1 is 1.12 bits per heavy atom. The van der Waals surface area contributed by atoms with Crippen molar-refractivity contribution in [3.05, 3.63) is 35.9 Å². The van der Waals surface area contributed by atoms with Gasteiger partial charge in [0.25, 0.3) is 0 Å². The predicted molar refractivity (Wildman–Crippen MR) is 59.8 cm³/mol. The van der Waals surface area contributed by atoms with Crippen molar-refractivity contribution in [2.24, 2.45) is 0 Å². The van der Waals surface area contributed by atoms with Gasteiger partial charge in [-0.3, -0.25) is 4.79 Å². The molecule has 0 aliphatic carbocycles. The van der Waals surface area contributed by atoms with Crippen LogP contribution in [0.1, 0.15) is 32.3 Å². The number of Topliss-reactive ketones (excluding diaryl/α,β-unsaturated/α-hetero) is 1. The van der Waals surface area contributed by atoms with Gasteiger partial charge in [0, 0.05) is 11.8 Å². The molecule has 0 heterocycles. The summed E-state index contributed by atoms with van der Waals surface area (Å²) in [6, 6.07) is 8.86. The zero-order valence-corrected chi connectivity index (χ0v) is 9.84. The van der Waals surface area contributed by atoms with E-state index in [0.717, 1.165) is 5.56 Å². The van der Waals surface area contributed by atoms with Crippen molar-refractivity contribution in [2.45, 2.75) is 38.3 Å². The molecule has 1 rings (SSSR count). The second-order valence-corrected chi connectivity index (χ2v) is 4.53. The maximum Gasteiger partial charge on any atom is 0.389 e. The lowest BCUT2D eigenvalue weighted by Crippen LogP contribution is -2.30. The summed E-state index contributed by atoms with van der Waals surface area (Å²) in [6.45, 7) is 3.31. The summed E-state index contributed by atoms with van der Waals surface area (Å²) < 4.78 is 36.2. The van der Waals surface area contributed by atoms with Gasteiger partial charge in [0.1, 0.15) is 5.78 Å². The van der Waals surface area contributed by atoms with Crippen LogP contribution in [0.15, 0.2) is 30.3 Å². The fourth-order valence-electron chi connectivity index (χ4n) is 1.58. The number of carbonyl (C=O) groups excluding carboxylic acids is 1. The minimum Gasteiger partial charge on any atom is -0.299 e. The van der Waals surface area contributed by atoms with Crippen molar-refractivity contribution in [3.63, 3.8) is 0 Å². The van der Waals surface area contributed by atoms with Gasteiger partial charge >= 0.3 is 6.18 Å². The van der Waals surface area contributed by atoms with E-state index in [9.17, 15) is 18.0 Å². The van der Waals surface area contributed by atoms with Gasteiger partial charge in [-0.15, -0.1) is 0 Å². The number of alkyl halides is 3. The van der Waals surface area contributed by atoms with Crippen LogP contribution in [0.2, 0.25) is 0 Å². The van der Waals surface area contributed by atoms with Crippen molar-refractivity contribution in [1.29, 1.82) is 0 Å². The third-order valence-electron chi connectivity index (χ3n) is 2.83. The summed E-state index contributed by atoms with van der Waals surface area (Å²) in [7, 11) is 0. The van der Waals surface area contributed by atoms with Crippen LogP contribution in [0, 0.1) is 0 Å². The molecular formula is C13H15F3O. The van der Waals surface area contributed by atoms with Crippen LogP contribution in [-0.4, -0.2) is 12.0 Å². The van der Waals surface area contributed by atoms with Crippen LogP contribution in [-0.2, 0) is 10.2 Å². The van der Waals surface area contributed by atoms with Gasteiger partial charge in [-0.1, -0.05) is 30.3 Å². The third kappa shape index (κ3) is 3.88. The van der Waals surface area contributed by atoms with E-state index in [1.54, 1.807) is 44.2 Å². The number of halogens is 3. The molecule has 0 radical (unpaired) electrons. The number of ketones is 1. The van der Waals surface area contributed by atoms with Gasteiger partial charge in [-0.05, 0) is 19.4 Å². The quantitative estimate of drug-likeness (QED) is 0.785. The Hall–Kier alpha value is -1.32. The molecule has 0 aliphatic heterocycles. The average molecular weight is 244 g/mol. The highest BCUT2D eigenvalue weighted by Gasteiger charge is 2.34. The molecule has 94 valence electrons. The summed E-state index contributed by atoms with van der Waals surface area (Å²) >= 11 is 0. The molecule has 0 aromatic heterocycles. The van der Waals surface area contributed by atoms with Crippen molar-refractivity contribution in [1.82, 2.24) is 0 Å². The van der Waals surface area contributed by atoms with Crippen molar-refractivity contribution in [2.75, 3.05) is 0 Å². The Labute approximate surface area is 98.6 Å². The molecule has 0 amide bonds. The summed E-state index contributed by atoms with van der Waals surface area (Å²) in [4.78, 5) is 11.8. The molecular weight excluding hydrogens is 229 g/mol. The van der Waals surface area contributed by atoms with Crippen LogP contribution in [0.4, 0.5) is 13.2 Å². The maximum atomic E-state index is 12.1. The van der Waals surface area contributed by atoms with E-state index in [2.05, 4.69) is 0 Å². The molecule has 0 atom stereocenters. The molecule has 1 aromatic rings. The molecule has 0 bridgehead atoms. The zero-order chi connectivity index (χ0) is 13.1. The van der Waals surface area contributed by atoms with E-state index in [4.69, 9.17) is 0 Å². The summed E-state index contributed by atoms with van der Waals surface area (Å²) in [6.07, 6.45) is -5.80. The van der Waals surface area contributed by atoms with E-state index in [-0.39, 0.29) is 5.78 Å². The topological polar surface area (TPSA) is 17.1 Å². The fourth-order valence-corrected chi connectivity index (χ4v) is 1.58. The lowest BCUT2D eigenvalue weighted by molar-refractivity contribution is -0.145. The molecule has 1 nitrogen and oxygen atoms in total. The third-order valence-corrected chi connectivity index (χ3v) is 2.83. The van der Waals surface area contributed by atoms with Crippen molar-refractivity contribution < 1.29 is 18.0 Å². The molecule has 0 N–H and O–H groups in total. The van der Waals surface area contributed by atoms with Gasteiger partial charge in [-0.2, -0.15) is 13.2 Å². The Morgan fingerprint density at radius 2 is 1.65 bits per heavy atom. The predicted octanol–water partition coefficient (Wildman–Crippen LogP) is 3.88. The highest BCUT2D eigenvalue weighted by molar-refractivity contribution is 5.89. The molecule has 1 aromatic carbocycles. The second kappa shape index (κ2) is 4.90. The Balaban J connectivity index is 2.74. The van der Waals surface area contributed by atoms with E-state index < -0.39 is 24.4 Å². The zero-order valence-electron chi connectivity index (χ0n) is 9.84. The number of carbonyl (C=O) groups is 1. The number of rotatable bonds is 4. The molecule has 0 saturated heterocycles. The van der Waals surface area contributed by atoms with Crippen LogP contribution in [0.5, 0.6) is 0 Å². The molecule has 0 unspecified atom stereocenters. The number of benzene rings is 1. The van der Waals surface area contributed by atoms with Crippen molar-refractivity contribution in [3.8, 4) is 0 Å². The van der Waals surface area contributed by atoms with Gasteiger partial charge in [0.15, 0.2) is 0 Å². The Kier molecular flexibility index (Phi) is 3.96. The van der Waals surface area contributed by atoms with Gasteiger partial charge in [0.05, 0.1) is 6.42 Å². The number of hydrogen-bond acceptors (Lipinski definition) is 1. The van der Waals surface area contributed by atoms with Crippen LogP contribution in [0.3, 0.4) is 0 Å². The Morgan fingerprint density at radius 3 is 2.12 bits per heavy atom. The smallest absolute Gasteiger partial charge is 0.299 e. The van der Waals surface area contributed by atoms with Gasteiger partial charge in [-0.25, -0.2) is 0 Å². The minimum atomic E-state index is -4.28. The molecule has 4 heteroatoms. The second-order valence-electron chi connectivity index (χ2n) is 4.53. The first-order valence-electron chi connectivity index (χ1n) is 5.39. The van der Waals surface area contributed by atoms with Crippen LogP contribution >= 0.6 is 0 Å². The van der Waals surface area contributed by atoms with E-state index in [1.165, 1.54) is 0 Å². The molecule has 0 aliphatic rings.